The summed E-state index contributed by atoms with van der Waals surface area (Å²) in [4.78, 5) is 14.0. The molecule has 20 heavy (non-hydrogen) atoms. The van der Waals surface area contributed by atoms with Gasteiger partial charge in [0.05, 0.1) is 24.0 Å². The van der Waals surface area contributed by atoms with E-state index in [1.807, 2.05) is 11.8 Å². The molecule has 0 aromatic heterocycles. The first-order chi connectivity index (χ1) is 9.49. The molecule has 5 nitrogen and oxygen atoms in total. The number of amides is 1. The van der Waals surface area contributed by atoms with Crippen LogP contribution >= 0.6 is 0 Å². The van der Waals surface area contributed by atoms with Gasteiger partial charge in [0.2, 0.25) is 5.91 Å². The summed E-state index contributed by atoms with van der Waals surface area (Å²) in [6.45, 7) is 4.92. The molecular formula is C14H22FN3O2. The average molecular weight is 283 g/mol. The topological polar surface area (TPSA) is 78.6 Å². The zero-order chi connectivity index (χ0) is 15.1. The van der Waals surface area contributed by atoms with Crippen LogP contribution in [0.25, 0.3) is 0 Å². The van der Waals surface area contributed by atoms with Gasteiger partial charge in [0.25, 0.3) is 0 Å². The van der Waals surface area contributed by atoms with Crippen molar-refractivity contribution in [1.82, 2.24) is 4.90 Å². The van der Waals surface area contributed by atoms with E-state index in [9.17, 15) is 9.18 Å². The number of halogens is 1. The number of nitrogen functional groups attached to an aromatic ring is 1. The number of anilines is 2. The van der Waals surface area contributed by atoms with Gasteiger partial charge in [0.15, 0.2) is 0 Å². The van der Waals surface area contributed by atoms with Crippen molar-refractivity contribution in [3.63, 3.8) is 0 Å². The van der Waals surface area contributed by atoms with Crippen LogP contribution in [0.2, 0.25) is 0 Å². The number of hydrogen-bond donors (Lipinski definition) is 3. The molecule has 4 N–H and O–H groups in total. The fraction of sp³-hybridized carbons (Fsp3) is 0.500. The maximum Gasteiger partial charge on any atom is 0.241 e. The van der Waals surface area contributed by atoms with Gasteiger partial charge in [-0.05, 0) is 38.1 Å². The monoisotopic (exact) mass is 283 g/mol. The van der Waals surface area contributed by atoms with Gasteiger partial charge < -0.3 is 16.2 Å². The van der Waals surface area contributed by atoms with E-state index >= 15 is 0 Å². The fourth-order valence-corrected chi connectivity index (χ4v) is 1.97. The second-order valence-corrected chi connectivity index (χ2v) is 4.66. The van der Waals surface area contributed by atoms with Crippen LogP contribution in [0.4, 0.5) is 15.8 Å². The summed E-state index contributed by atoms with van der Waals surface area (Å²) in [5.41, 5.74) is 6.24. The Morgan fingerprint density at radius 3 is 2.75 bits per heavy atom. The van der Waals surface area contributed by atoms with Crippen LogP contribution < -0.4 is 11.1 Å². The molecule has 0 aliphatic heterocycles. The summed E-state index contributed by atoms with van der Waals surface area (Å²) in [6.07, 6.45) is 0.885. The first kappa shape index (κ1) is 16.4. The van der Waals surface area contributed by atoms with Crippen molar-refractivity contribution in [2.45, 2.75) is 26.3 Å². The summed E-state index contributed by atoms with van der Waals surface area (Å²) >= 11 is 0. The number of nitrogens with zero attached hydrogens (tertiary/aromatic N) is 1. The number of benzene rings is 1. The third-order valence-electron chi connectivity index (χ3n) is 3.10. The Bertz CT molecular complexity index is 448. The van der Waals surface area contributed by atoms with Crippen LogP contribution in [-0.4, -0.2) is 41.7 Å². The van der Waals surface area contributed by atoms with Crippen molar-refractivity contribution in [2.24, 2.45) is 0 Å². The van der Waals surface area contributed by atoms with Gasteiger partial charge in [-0.15, -0.1) is 0 Å². The van der Waals surface area contributed by atoms with E-state index in [1.54, 1.807) is 6.92 Å². The quantitative estimate of drug-likeness (QED) is 0.662. The van der Waals surface area contributed by atoms with E-state index in [4.69, 9.17) is 10.8 Å². The first-order valence-electron chi connectivity index (χ1n) is 6.70. The van der Waals surface area contributed by atoms with Crippen LogP contribution in [-0.2, 0) is 4.79 Å². The summed E-state index contributed by atoms with van der Waals surface area (Å²) in [5.74, 6) is -0.674. The number of aliphatic hydroxyl groups excluding tert-OH is 1. The Morgan fingerprint density at radius 2 is 2.20 bits per heavy atom. The predicted molar refractivity (Wildman–Crippen MR) is 77.9 cm³/mol. The summed E-state index contributed by atoms with van der Waals surface area (Å²) in [6, 6.07) is 3.45. The van der Waals surface area contributed by atoms with Crippen molar-refractivity contribution in [3.05, 3.63) is 24.0 Å². The lowest BCUT2D eigenvalue weighted by Gasteiger charge is -2.27. The van der Waals surface area contributed by atoms with Crippen molar-refractivity contribution in [3.8, 4) is 0 Å². The highest BCUT2D eigenvalue weighted by atomic mass is 19.1. The Hall–Kier alpha value is -1.66. The molecule has 112 valence electrons. The molecule has 0 saturated heterocycles. The van der Waals surface area contributed by atoms with E-state index < -0.39 is 11.9 Å². The predicted octanol–water partition coefficient (Wildman–Crippen LogP) is 1.44. The van der Waals surface area contributed by atoms with Crippen molar-refractivity contribution in [2.75, 3.05) is 30.7 Å². The number of aliphatic hydroxyl groups is 1. The Balaban J connectivity index is 2.73. The molecule has 0 saturated carbocycles. The van der Waals surface area contributed by atoms with Crippen molar-refractivity contribution < 1.29 is 14.3 Å². The van der Waals surface area contributed by atoms with Crippen LogP contribution in [0.3, 0.4) is 0 Å². The van der Waals surface area contributed by atoms with Crippen LogP contribution in [0.1, 0.15) is 20.3 Å². The lowest BCUT2D eigenvalue weighted by atomic mass is 10.2. The number of nitrogens with one attached hydrogen (secondary N) is 1. The molecule has 6 heteroatoms. The number of rotatable bonds is 7. The van der Waals surface area contributed by atoms with Gasteiger partial charge in [0.1, 0.15) is 5.82 Å². The smallest absolute Gasteiger partial charge is 0.241 e. The van der Waals surface area contributed by atoms with Gasteiger partial charge in [0, 0.05) is 6.54 Å². The van der Waals surface area contributed by atoms with Crippen molar-refractivity contribution in [1.29, 1.82) is 0 Å². The standard InChI is InChI=1S/C14H22FN3O2/c1-3-6-18(7-8-19)10(2)14(20)17-13-5-4-11(15)9-12(13)16/h4-5,9-10,19H,3,6-8,16H2,1-2H3,(H,17,20). The van der Waals surface area contributed by atoms with Crippen LogP contribution in [0.5, 0.6) is 0 Å². The average Bonchev–Trinajstić information content (AvgIpc) is 2.40. The molecule has 1 aromatic rings. The Labute approximate surface area is 118 Å². The molecule has 0 heterocycles. The fourth-order valence-electron chi connectivity index (χ4n) is 1.97. The van der Waals surface area contributed by atoms with Gasteiger partial charge >= 0.3 is 0 Å². The van der Waals surface area contributed by atoms with Gasteiger partial charge in [-0.1, -0.05) is 6.92 Å². The minimum atomic E-state index is -0.443. The van der Waals surface area contributed by atoms with E-state index in [0.29, 0.717) is 18.8 Å². The third-order valence-corrected chi connectivity index (χ3v) is 3.10. The number of carbonyl (C=O) groups excluding carboxylic acids is 1. The molecule has 1 aromatic carbocycles. The molecule has 1 amide bonds. The largest absolute Gasteiger partial charge is 0.397 e. The Kier molecular flexibility index (Phi) is 6.41. The highest BCUT2D eigenvalue weighted by Gasteiger charge is 2.20. The molecular weight excluding hydrogens is 261 g/mol. The highest BCUT2D eigenvalue weighted by molar-refractivity contribution is 5.97. The maximum atomic E-state index is 12.9. The van der Waals surface area contributed by atoms with E-state index in [0.717, 1.165) is 12.5 Å². The molecule has 0 aliphatic carbocycles. The summed E-state index contributed by atoms with van der Waals surface area (Å²) in [7, 11) is 0. The van der Waals surface area contributed by atoms with E-state index in [-0.39, 0.29) is 18.2 Å². The molecule has 0 spiro atoms. The minimum absolute atomic E-state index is 0.00366. The molecule has 1 atom stereocenters. The number of carbonyl (C=O) groups is 1. The summed E-state index contributed by atoms with van der Waals surface area (Å²) < 4.78 is 12.9. The molecule has 0 fully saturated rings. The number of hydrogen-bond acceptors (Lipinski definition) is 4. The molecule has 0 radical (unpaired) electrons. The highest BCUT2D eigenvalue weighted by Crippen LogP contribution is 2.19. The van der Waals surface area contributed by atoms with Crippen LogP contribution in [0.15, 0.2) is 18.2 Å². The van der Waals surface area contributed by atoms with Crippen molar-refractivity contribution >= 4 is 17.3 Å². The second-order valence-electron chi connectivity index (χ2n) is 4.66. The zero-order valence-electron chi connectivity index (χ0n) is 11.9. The molecule has 0 aliphatic rings. The van der Waals surface area contributed by atoms with Gasteiger partial charge in [-0.2, -0.15) is 0 Å². The lowest BCUT2D eigenvalue weighted by molar-refractivity contribution is -0.120. The summed E-state index contributed by atoms with van der Waals surface area (Å²) in [5, 5.41) is 11.7. The van der Waals surface area contributed by atoms with Crippen LogP contribution in [0, 0.1) is 5.82 Å². The number of nitrogens with two attached hydrogens (primary N) is 1. The third kappa shape index (κ3) is 4.47. The first-order valence-corrected chi connectivity index (χ1v) is 6.70. The molecule has 1 rings (SSSR count). The van der Waals surface area contributed by atoms with E-state index in [1.165, 1.54) is 12.1 Å². The molecule has 0 bridgehead atoms. The minimum Gasteiger partial charge on any atom is -0.397 e. The zero-order valence-corrected chi connectivity index (χ0v) is 11.9. The maximum absolute atomic E-state index is 12.9. The normalized spacial score (nSPS) is 12.4. The second kappa shape index (κ2) is 7.81. The molecule has 1 unspecified atom stereocenters. The Morgan fingerprint density at radius 1 is 1.50 bits per heavy atom. The SMILES string of the molecule is CCCN(CCO)C(C)C(=O)Nc1ccc(F)cc1N. The van der Waals surface area contributed by atoms with Gasteiger partial charge in [-0.3, -0.25) is 9.69 Å². The van der Waals surface area contributed by atoms with E-state index in [2.05, 4.69) is 5.32 Å². The van der Waals surface area contributed by atoms with Gasteiger partial charge in [-0.25, -0.2) is 4.39 Å². The lowest BCUT2D eigenvalue weighted by Crippen LogP contribution is -2.43.